The highest BCUT2D eigenvalue weighted by Crippen LogP contribution is 2.31. The van der Waals surface area contributed by atoms with Gasteiger partial charge in [-0.25, -0.2) is 9.78 Å². The van der Waals surface area contributed by atoms with Crippen molar-refractivity contribution in [3.05, 3.63) is 39.8 Å². The lowest BCUT2D eigenvalue weighted by molar-refractivity contribution is 0.0702. The first kappa shape index (κ1) is 12.7. The molecule has 0 aliphatic carbocycles. The molecule has 0 atom stereocenters. The molecule has 0 saturated heterocycles. The number of hydrogen-bond donors (Lipinski definition) is 1. The lowest BCUT2D eigenvalue weighted by atomic mass is 10.2. The Labute approximate surface area is 119 Å². The van der Waals surface area contributed by atoms with Crippen LogP contribution in [-0.2, 0) is 0 Å². The van der Waals surface area contributed by atoms with Crippen molar-refractivity contribution >= 4 is 29.5 Å². The first-order valence-electron chi connectivity index (χ1n) is 5.99. The van der Waals surface area contributed by atoms with E-state index in [2.05, 4.69) is 4.98 Å². The topological polar surface area (TPSA) is 68.7 Å². The molecule has 1 aliphatic heterocycles. The summed E-state index contributed by atoms with van der Waals surface area (Å²) in [7, 11) is 0. The first-order valence-corrected chi connectivity index (χ1v) is 6.81. The summed E-state index contributed by atoms with van der Waals surface area (Å²) in [4.78, 5) is 15.0. The Kier molecular flexibility index (Phi) is 3.39. The van der Waals surface area contributed by atoms with Crippen molar-refractivity contribution in [2.45, 2.75) is 0 Å². The zero-order valence-electron chi connectivity index (χ0n) is 10.4. The Morgan fingerprint density at radius 2 is 2.05 bits per heavy atom. The first-order chi connectivity index (χ1) is 9.72. The van der Waals surface area contributed by atoms with Gasteiger partial charge in [-0.2, -0.15) is 0 Å². The van der Waals surface area contributed by atoms with Gasteiger partial charge in [0.25, 0.3) is 0 Å². The van der Waals surface area contributed by atoms with Crippen LogP contribution < -0.4 is 9.47 Å². The molecular weight excluding hydrogens is 278 g/mol. The fourth-order valence-corrected chi connectivity index (χ4v) is 2.45. The molecule has 0 amide bonds. The number of benzene rings is 1. The number of aromatic nitrogens is 1. The van der Waals surface area contributed by atoms with Gasteiger partial charge in [0.05, 0.1) is 6.20 Å². The number of rotatable bonds is 3. The van der Waals surface area contributed by atoms with Gasteiger partial charge < -0.3 is 14.6 Å². The lowest BCUT2D eigenvalue weighted by Crippen LogP contribution is -2.15. The molecule has 0 bridgehead atoms. The van der Waals surface area contributed by atoms with Crippen molar-refractivity contribution in [2.75, 3.05) is 13.2 Å². The number of thiazole rings is 1. The number of carboxylic acids is 1. The van der Waals surface area contributed by atoms with E-state index in [0.717, 1.165) is 28.4 Å². The summed E-state index contributed by atoms with van der Waals surface area (Å²) in [6.45, 7) is 1.12. The molecule has 0 radical (unpaired) electrons. The highest BCUT2D eigenvalue weighted by molar-refractivity contribution is 7.14. The number of ether oxygens (including phenoxy) is 2. The van der Waals surface area contributed by atoms with Crippen LogP contribution in [0.3, 0.4) is 0 Å². The summed E-state index contributed by atoms with van der Waals surface area (Å²) >= 11 is 1.14. The third kappa shape index (κ3) is 2.65. The number of aromatic carboxylic acids is 1. The van der Waals surface area contributed by atoms with Crippen molar-refractivity contribution < 1.29 is 19.4 Å². The van der Waals surface area contributed by atoms with Crippen molar-refractivity contribution in [3.8, 4) is 11.5 Å². The predicted molar refractivity (Wildman–Crippen MR) is 75.4 cm³/mol. The number of carboxylic acid groups (broad SMARTS) is 1. The fourth-order valence-electron chi connectivity index (χ4n) is 1.79. The standard InChI is InChI=1S/C14H11NO4S/c16-14(17)12-8-15-13(20-12)4-2-9-1-3-10-11(7-9)19-6-5-18-10/h1-4,7-8H,5-6H2,(H,16,17). The van der Waals surface area contributed by atoms with Crippen molar-refractivity contribution in [1.29, 1.82) is 0 Å². The number of hydrogen-bond acceptors (Lipinski definition) is 5. The van der Waals surface area contributed by atoms with Crippen LogP contribution in [0.4, 0.5) is 0 Å². The third-order valence-corrected chi connectivity index (χ3v) is 3.67. The van der Waals surface area contributed by atoms with Gasteiger partial charge in [-0.05, 0) is 23.8 Å². The molecule has 1 aromatic heterocycles. The number of fused-ring (bicyclic) bond motifs is 1. The summed E-state index contributed by atoms with van der Waals surface area (Å²) in [6.07, 6.45) is 5.00. The predicted octanol–water partition coefficient (Wildman–Crippen LogP) is 2.78. The molecule has 1 aromatic carbocycles. The zero-order chi connectivity index (χ0) is 13.9. The van der Waals surface area contributed by atoms with Crippen molar-refractivity contribution in [3.63, 3.8) is 0 Å². The Hall–Kier alpha value is -2.34. The molecule has 0 fully saturated rings. The SMILES string of the molecule is O=C(O)c1cnc(C=Cc2ccc3c(c2)OCCO3)s1. The Balaban J connectivity index is 1.79. The van der Waals surface area contributed by atoms with Gasteiger partial charge >= 0.3 is 5.97 Å². The van der Waals surface area contributed by atoms with Crippen molar-refractivity contribution in [2.24, 2.45) is 0 Å². The fraction of sp³-hybridized carbons (Fsp3) is 0.143. The van der Waals surface area contributed by atoms with E-state index < -0.39 is 5.97 Å². The molecular formula is C14H11NO4S. The van der Waals surface area contributed by atoms with Gasteiger partial charge in [0.15, 0.2) is 11.5 Å². The van der Waals surface area contributed by atoms with Gasteiger partial charge in [-0.3, -0.25) is 0 Å². The molecule has 5 nitrogen and oxygen atoms in total. The lowest BCUT2D eigenvalue weighted by Gasteiger charge is -2.18. The largest absolute Gasteiger partial charge is 0.486 e. The molecule has 102 valence electrons. The van der Waals surface area contributed by atoms with Crippen LogP contribution in [0.25, 0.3) is 12.2 Å². The molecule has 1 N–H and O–H groups in total. The van der Waals surface area contributed by atoms with Crippen LogP contribution in [-0.4, -0.2) is 29.3 Å². The van der Waals surface area contributed by atoms with E-state index in [4.69, 9.17) is 14.6 Å². The van der Waals surface area contributed by atoms with E-state index in [1.807, 2.05) is 24.3 Å². The molecule has 3 rings (SSSR count). The summed E-state index contributed by atoms with van der Waals surface area (Å²) in [5.41, 5.74) is 0.946. The number of nitrogens with zero attached hydrogens (tertiary/aromatic N) is 1. The van der Waals surface area contributed by atoms with Gasteiger partial charge in [0.1, 0.15) is 23.1 Å². The van der Waals surface area contributed by atoms with E-state index in [9.17, 15) is 4.79 Å². The second-order valence-electron chi connectivity index (χ2n) is 4.10. The Morgan fingerprint density at radius 1 is 1.25 bits per heavy atom. The second-order valence-corrected chi connectivity index (χ2v) is 5.17. The maximum atomic E-state index is 10.8. The maximum Gasteiger partial charge on any atom is 0.347 e. The monoisotopic (exact) mass is 289 g/mol. The van der Waals surface area contributed by atoms with E-state index in [0.29, 0.717) is 18.2 Å². The van der Waals surface area contributed by atoms with Crippen LogP contribution in [0.15, 0.2) is 24.4 Å². The zero-order valence-corrected chi connectivity index (χ0v) is 11.2. The average molecular weight is 289 g/mol. The molecule has 2 aromatic rings. The molecule has 6 heteroatoms. The highest BCUT2D eigenvalue weighted by Gasteiger charge is 2.11. The highest BCUT2D eigenvalue weighted by atomic mass is 32.1. The summed E-state index contributed by atoms with van der Waals surface area (Å²) in [5, 5.41) is 9.48. The Bertz CT molecular complexity index is 678. The minimum Gasteiger partial charge on any atom is -0.486 e. The molecule has 2 heterocycles. The van der Waals surface area contributed by atoms with Crippen LogP contribution in [0.2, 0.25) is 0 Å². The quantitative estimate of drug-likeness (QED) is 0.941. The van der Waals surface area contributed by atoms with E-state index in [1.54, 1.807) is 6.08 Å². The van der Waals surface area contributed by atoms with E-state index in [1.165, 1.54) is 6.20 Å². The van der Waals surface area contributed by atoms with E-state index >= 15 is 0 Å². The minimum atomic E-state index is -0.957. The van der Waals surface area contributed by atoms with Crippen LogP contribution in [0.5, 0.6) is 11.5 Å². The van der Waals surface area contributed by atoms with Crippen LogP contribution in [0, 0.1) is 0 Å². The Morgan fingerprint density at radius 3 is 2.80 bits per heavy atom. The molecule has 20 heavy (non-hydrogen) atoms. The van der Waals surface area contributed by atoms with Crippen LogP contribution >= 0.6 is 11.3 Å². The molecule has 0 spiro atoms. The average Bonchev–Trinajstić information content (AvgIpc) is 2.94. The normalized spacial score (nSPS) is 13.6. The smallest absolute Gasteiger partial charge is 0.347 e. The number of carbonyl (C=O) groups is 1. The van der Waals surface area contributed by atoms with Crippen molar-refractivity contribution in [1.82, 2.24) is 4.98 Å². The van der Waals surface area contributed by atoms with Gasteiger partial charge in [-0.15, -0.1) is 11.3 Å². The third-order valence-electron chi connectivity index (χ3n) is 2.72. The van der Waals surface area contributed by atoms with Gasteiger partial charge in [-0.1, -0.05) is 12.1 Å². The van der Waals surface area contributed by atoms with Crippen LogP contribution in [0.1, 0.15) is 20.2 Å². The van der Waals surface area contributed by atoms with Gasteiger partial charge in [0, 0.05) is 0 Å². The van der Waals surface area contributed by atoms with Gasteiger partial charge in [0.2, 0.25) is 0 Å². The maximum absolute atomic E-state index is 10.8. The molecule has 0 unspecified atom stereocenters. The molecule has 1 aliphatic rings. The second kappa shape index (κ2) is 5.34. The summed E-state index contributed by atoms with van der Waals surface area (Å²) in [5.74, 6) is 0.515. The molecule has 0 saturated carbocycles. The van der Waals surface area contributed by atoms with E-state index in [-0.39, 0.29) is 4.88 Å². The summed E-state index contributed by atoms with van der Waals surface area (Å²) in [6, 6.07) is 5.66. The summed E-state index contributed by atoms with van der Waals surface area (Å²) < 4.78 is 10.9. The minimum absolute atomic E-state index is 0.229.